The second kappa shape index (κ2) is 4.67. The van der Waals surface area contributed by atoms with Gasteiger partial charge < -0.3 is 10.6 Å². The van der Waals surface area contributed by atoms with Crippen molar-refractivity contribution in [2.75, 3.05) is 20.6 Å². The molecule has 1 aromatic rings. The van der Waals surface area contributed by atoms with E-state index in [4.69, 9.17) is 5.73 Å². The van der Waals surface area contributed by atoms with E-state index in [0.717, 1.165) is 0 Å². The van der Waals surface area contributed by atoms with Crippen LogP contribution in [0.25, 0.3) is 5.70 Å². The van der Waals surface area contributed by atoms with Gasteiger partial charge in [0.1, 0.15) is 0 Å². The maximum Gasteiger partial charge on any atom is 0.0406 e. The molecule has 1 rings (SSSR count). The van der Waals surface area contributed by atoms with Crippen molar-refractivity contribution in [3.8, 4) is 0 Å². The molecule has 0 fully saturated rings. The molecule has 70 valence electrons. The van der Waals surface area contributed by atoms with Gasteiger partial charge in [0.25, 0.3) is 0 Å². The summed E-state index contributed by atoms with van der Waals surface area (Å²) in [5, 5.41) is 0. The summed E-state index contributed by atoms with van der Waals surface area (Å²) in [6.07, 6.45) is 2.02. The van der Waals surface area contributed by atoms with E-state index in [1.54, 1.807) is 0 Å². The number of hydrogen-bond donors (Lipinski definition) is 1. The number of rotatable bonds is 3. The standard InChI is InChI=1S/C11H16N2/c1-13(2)11(8-9-12)10-6-4-3-5-7-10/h3-8H,9,12H2,1-2H3. The van der Waals surface area contributed by atoms with Crippen LogP contribution in [-0.2, 0) is 0 Å². The first-order valence-electron chi connectivity index (χ1n) is 4.38. The van der Waals surface area contributed by atoms with Gasteiger partial charge in [-0.15, -0.1) is 0 Å². The Labute approximate surface area is 79.7 Å². The summed E-state index contributed by atoms with van der Waals surface area (Å²) in [7, 11) is 4.04. The van der Waals surface area contributed by atoms with E-state index in [-0.39, 0.29) is 0 Å². The van der Waals surface area contributed by atoms with Crippen LogP contribution < -0.4 is 5.73 Å². The van der Waals surface area contributed by atoms with E-state index in [2.05, 4.69) is 17.0 Å². The Morgan fingerprint density at radius 2 is 1.92 bits per heavy atom. The summed E-state index contributed by atoms with van der Waals surface area (Å²) < 4.78 is 0. The van der Waals surface area contributed by atoms with Crippen molar-refractivity contribution in [1.82, 2.24) is 4.90 Å². The Morgan fingerprint density at radius 3 is 2.38 bits per heavy atom. The minimum atomic E-state index is 0.572. The van der Waals surface area contributed by atoms with Gasteiger partial charge >= 0.3 is 0 Å². The van der Waals surface area contributed by atoms with Gasteiger partial charge in [0.2, 0.25) is 0 Å². The normalized spacial score (nSPS) is 11.5. The van der Waals surface area contributed by atoms with Gasteiger partial charge in [-0.2, -0.15) is 0 Å². The van der Waals surface area contributed by atoms with Crippen LogP contribution in [0.5, 0.6) is 0 Å². The van der Waals surface area contributed by atoms with Crippen LogP contribution in [-0.4, -0.2) is 25.5 Å². The summed E-state index contributed by atoms with van der Waals surface area (Å²) in [4.78, 5) is 2.07. The predicted molar refractivity (Wildman–Crippen MR) is 57.2 cm³/mol. The highest BCUT2D eigenvalue weighted by atomic mass is 15.1. The molecule has 2 nitrogen and oxygen atoms in total. The zero-order chi connectivity index (χ0) is 9.68. The molecule has 2 N–H and O–H groups in total. The molecule has 0 saturated carbocycles. The molecule has 0 saturated heterocycles. The van der Waals surface area contributed by atoms with Crippen LogP contribution in [0.2, 0.25) is 0 Å². The third-order valence-electron chi connectivity index (χ3n) is 1.86. The van der Waals surface area contributed by atoms with Crippen molar-refractivity contribution in [1.29, 1.82) is 0 Å². The third-order valence-corrected chi connectivity index (χ3v) is 1.86. The van der Waals surface area contributed by atoms with Crippen molar-refractivity contribution in [2.24, 2.45) is 5.73 Å². The molecule has 1 aromatic carbocycles. The first-order valence-corrected chi connectivity index (χ1v) is 4.38. The van der Waals surface area contributed by atoms with Crippen molar-refractivity contribution in [3.63, 3.8) is 0 Å². The minimum Gasteiger partial charge on any atom is -0.377 e. The maximum absolute atomic E-state index is 5.50. The van der Waals surface area contributed by atoms with Crippen LogP contribution in [0.1, 0.15) is 5.56 Å². The highest BCUT2D eigenvalue weighted by molar-refractivity contribution is 5.63. The fourth-order valence-electron chi connectivity index (χ4n) is 1.28. The highest BCUT2D eigenvalue weighted by Gasteiger charge is 2.00. The van der Waals surface area contributed by atoms with Gasteiger partial charge in [-0.25, -0.2) is 0 Å². The van der Waals surface area contributed by atoms with E-state index in [1.807, 2.05) is 38.4 Å². The first kappa shape index (κ1) is 9.81. The molecule has 0 aliphatic carbocycles. The third kappa shape index (κ3) is 2.60. The van der Waals surface area contributed by atoms with E-state index < -0.39 is 0 Å². The summed E-state index contributed by atoms with van der Waals surface area (Å²) >= 11 is 0. The number of benzene rings is 1. The smallest absolute Gasteiger partial charge is 0.0406 e. The van der Waals surface area contributed by atoms with Crippen LogP contribution in [0, 0.1) is 0 Å². The number of hydrogen-bond acceptors (Lipinski definition) is 2. The zero-order valence-electron chi connectivity index (χ0n) is 8.20. The van der Waals surface area contributed by atoms with Gasteiger partial charge in [-0.3, -0.25) is 0 Å². The molecule has 0 radical (unpaired) electrons. The molecule has 0 amide bonds. The molecule has 0 bridgehead atoms. The molecule has 0 aromatic heterocycles. The van der Waals surface area contributed by atoms with Gasteiger partial charge in [0.05, 0.1) is 0 Å². The number of nitrogens with two attached hydrogens (primary N) is 1. The lowest BCUT2D eigenvalue weighted by Crippen LogP contribution is -2.11. The van der Waals surface area contributed by atoms with E-state index in [0.29, 0.717) is 6.54 Å². The van der Waals surface area contributed by atoms with Gasteiger partial charge in [-0.05, 0) is 11.6 Å². The van der Waals surface area contributed by atoms with Crippen LogP contribution in [0.4, 0.5) is 0 Å². The van der Waals surface area contributed by atoms with Gasteiger partial charge in [-0.1, -0.05) is 30.3 Å². The second-order valence-electron chi connectivity index (χ2n) is 3.09. The van der Waals surface area contributed by atoms with E-state index in [9.17, 15) is 0 Å². The lowest BCUT2D eigenvalue weighted by Gasteiger charge is -2.17. The minimum absolute atomic E-state index is 0.572. The molecule has 2 heteroatoms. The van der Waals surface area contributed by atoms with Crippen LogP contribution >= 0.6 is 0 Å². The summed E-state index contributed by atoms with van der Waals surface area (Å²) in [6.45, 7) is 0.572. The van der Waals surface area contributed by atoms with Crippen LogP contribution in [0.15, 0.2) is 36.4 Å². The summed E-state index contributed by atoms with van der Waals surface area (Å²) in [5.41, 5.74) is 7.88. The average molecular weight is 176 g/mol. The Morgan fingerprint density at radius 1 is 1.31 bits per heavy atom. The Bertz CT molecular complexity index is 275. The van der Waals surface area contributed by atoms with Crippen molar-refractivity contribution in [3.05, 3.63) is 42.0 Å². The summed E-state index contributed by atoms with van der Waals surface area (Å²) in [5.74, 6) is 0. The Balaban J connectivity index is 2.96. The zero-order valence-corrected chi connectivity index (χ0v) is 8.20. The number of nitrogens with zero attached hydrogens (tertiary/aromatic N) is 1. The molecule has 0 unspecified atom stereocenters. The molecular formula is C11H16N2. The lowest BCUT2D eigenvalue weighted by molar-refractivity contribution is 0.590. The quantitative estimate of drug-likeness (QED) is 0.757. The molecule has 0 atom stereocenters. The Kier molecular flexibility index (Phi) is 3.53. The molecule has 0 heterocycles. The molecule has 0 aliphatic heterocycles. The highest BCUT2D eigenvalue weighted by Crippen LogP contribution is 2.14. The fourth-order valence-corrected chi connectivity index (χ4v) is 1.28. The summed E-state index contributed by atoms with van der Waals surface area (Å²) in [6, 6.07) is 10.2. The first-order chi connectivity index (χ1) is 6.25. The Hall–Kier alpha value is -1.28. The largest absolute Gasteiger partial charge is 0.377 e. The van der Waals surface area contributed by atoms with Crippen molar-refractivity contribution < 1.29 is 0 Å². The molecule has 13 heavy (non-hydrogen) atoms. The monoisotopic (exact) mass is 176 g/mol. The molecule has 0 spiro atoms. The molecular weight excluding hydrogens is 160 g/mol. The topological polar surface area (TPSA) is 29.3 Å². The lowest BCUT2D eigenvalue weighted by atomic mass is 10.1. The second-order valence-corrected chi connectivity index (χ2v) is 3.09. The predicted octanol–water partition coefficient (Wildman–Crippen LogP) is 1.55. The maximum atomic E-state index is 5.50. The van der Waals surface area contributed by atoms with E-state index >= 15 is 0 Å². The SMILES string of the molecule is CN(C)C(=CCN)c1ccccc1. The van der Waals surface area contributed by atoms with Crippen molar-refractivity contribution >= 4 is 5.70 Å². The van der Waals surface area contributed by atoms with Crippen molar-refractivity contribution in [2.45, 2.75) is 0 Å². The van der Waals surface area contributed by atoms with Crippen LogP contribution in [0.3, 0.4) is 0 Å². The van der Waals surface area contributed by atoms with Gasteiger partial charge in [0.15, 0.2) is 0 Å². The average Bonchev–Trinajstić information content (AvgIpc) is 2.15. The van der Waals surface area contributed by atoms with E-state index in [1.165, 1.54) is 11.3 Å². The van der Waals surface area contributed by atoms with Gasteiger partial charge in [0, 0.05) is 26.3 Å². The molecule has 0 aliphatic rings. The fraction of sp³-hybridized carbons (Fsp3) is 0.273.